The lowest BCUT2D eigenvalue weighted by molar-refractivity contribution is 0.0382. The van der Waals surface area contributed by atoms with Crippen molar-refractivity contribution < 1.29 is 23.4 Å². The number of rotatable bonds is 11. The van der Waals surface area contributed by atoms with Crippen LogP contribution in [-0.4, -0.2) is 79.4 Å². The van der Waals surface area contributed by atoms with Crippen LogP contribution in [0.1, 0.15) is 10.5 Å². The number of nitrogens with one attached hydrogen (secondary N) is 1. The molecule has 10 nitrogen and oxygen atoms in total. The normalized spacial score (nSPS) is 14.7. The molecule has 1 aliphatic rings. The Bertz CT molecular complexity index is 1230. The zero-order chi connectivity index (χ0) is 26.4. The molecule has 3 heterocycles. The molecule has 0 aliphatic carbocycles. The minimum Gasteiger partial charge on any atom is -0.435 e. The number of hydrogen-bond acceptors (Lipinski definition) is 8. The minimum absolute atomic E-state index is 0.0233. The highest BCUT2D eigenvalue weighted by molar-refractivity contribution is 6.76. The van der Waals surface area contributed by atoms with E-state index in [4.69, 9.17) is 19.9 Å². The molecule has 3 aromatic rings. The molecule has 4 rings (SSSR count). The monoisotopic (exact) mass is 530 g/mol. The van der Waals surface area contributed by atoms with Gasteiger partial charge in [0.2, 0.25) is 5.88 Å². The Morgan fingerprint density at radius 2 is 2.00 bits per heavy atom. The summed E-state index contributed by atoms with van der Waals surface area (Å²) in [5, 5.41) is 3.47. The van der Waals surface area contributed by atoms with Crippen LogP contribution in [0.2, 0.25) is 25.7 Å². The molecule has 1 aromatic carbocycles. The van der Waals surface area contributed by atoms with Gasteiger partial charge in [0.05, 0.1) is 18.6 Å². The summed E-state index contributed by atoms with van der Waals surface area (Å²) in [7, 11) is -1.28. The van der Waals surface area contributed by atoms with Gasteiger partial charge in [0.15, 0.2) is 11.6 Å². The Hall–Kier alpha value is -3.06. The fraction of sp³-hybridized carbons (Fsp3) is 0.480. The van der Waals surface area contributed by atoms with E-state index >= 15 is 0 Å². The maximum Gasteiger partial charge on any atom is 0.268 e. The molecule has 200 valence electrons. The SMILES string of the molecule is C[Si](C)(C)CCOCn1c(C(=O)NCCN2CCOCC2)cc2c(Oc3ccc(N)cc3F)ncnc21. The first-order chi connectivity index (χ1) is 17.7. The van der Waals surface area contributed by atoms with Gasteiger partial charge in [-0.05, 0) is 24.2 Å². The van der Waals surface area contributed by atoms with Crippen LogP contribution in [0.4, 0.5) is 10.1 Å². The van der Waals surface area contributed by atoms with Crippen molar-refractivity contribution in [3.05, 3.63) is 42.1 Å². The molecule has 1 saturated heterocycles. The summed E-state index contributed by atoms with van der Waals surface area (Å²) >= 11 is 0. The number of halogens is 1. The van der Waals surface area contributed by atoms with Gasteiger partial charge in [0.25, 0.3) is 5.91 Å². The second-order valence-electron chi connectivity index (χ2n) is 10.2. The molecular weight excluding hydrogens is 495 g/mol. The summed E-state index contributed by atoms with van der Waals surface area (Å²) in [6, 6.07) is 6.81. The van der Waals surface area contributed by atoms with Gasteiger partial charge in [0.1, 0.15) is 24.4 Å². The fourth-order valence-electron chi connectivity index (χ4n) is 3.92. The average molecular weight is 531 g/mol. The lowest BCUT2D eigenvalue weighted by Gasteiger charge is -2.26. The van der Waals surface area contributed by atoms with E-state index in [1.807, 2.05) is 0 Å². The topological polar surface area (TPSA) is 117 Å². The summed E-state index contributed by atoms with van der Waals surface area (Å²) in [5.41, 5.74) is 6.77. The first-order valence-electron chi connectivity index (χ1n) is 12.4. The van der Waals surface area contributed by atoms with Gasteiger partial charge in [-0.1, -0.05) is 19.6 Å². The summed E-state index contributed by atoms with van der Waals surface area (Å²) in [5.74, 6) is -0.756. The number of nitrogens with zero attached hydrogens (tertiary/aromatic N) is 4. The number of aromatic nitrogens is 3. The van der Waals surface area contributed by atoms with Crippen molar-refractivity contribution in [2.24, 2.45) is 0 Å². The molecule has 0 radical (unpaired) electrons. The molecule has 1 aliphatic heterocycles. The number of benzene rings is 1. The number of nitrogens with two attached hydrogens (primary N) is 1. The zero-order valence-corrected chi connectivity index (χ0v) is 22.6. The Morgan fingerprint density at radius 1 is 1.22 bits per heavy atom. The summed E-state index contributed by atoms with van der Waals surface area (Å²) < 4.78 is 33.2. The third-order valence-electron chi connectivity index (χ3n) is 6.08. The van der Waals surface area contributed by atoms with Crippen molar-refractivity contribution in [1.29, 1.82) is 0 Å². The van der Waals surface area contributed by atoms with Gasteiger partial charge >= 0.3 is 0 Å². The quantitative estimate of drug-likeness (QED) is 0.220. The highest BCUT2D eigenvalue weighted by Crippen LogP contribution is 2.31. The predicted octanol–water partition coefficient (Wildman–Crippen LogP) is 3.32. The van der Waals surface area contributed by atoms with Crippen LogP contribution in [0.5, 0.6) is 11.6 Å². The van der Waals surface area contributed by atoms with Gasteiger partial charge < -0.3 is 25.3 Å². The Kier molecular flexibility index (Phi) is 8.74. The smallest absolute Gasteiger partial charge is 0.268 e. The second-order valence-corrected chi connectivity index (χ2v) is 15.8. The molecule has 0 unspecified atom stereocenters. The molecule has 1 amide bonds. The van der Waals surface area contributed by atoms with E-state index < -0.39 is 13.9 Å². The maximum absolute atomic E-state index is 14.4. The van der Waals surface area contributed by atoms with E-state index in [1.54, 1.807) is 16.7 Å². The fourth-order valence-corrected chi connectivity index (χ4v) is 4.68. The van der Waals surface area contributed by atoms with Crippen molar-refractivity contribution >= 4 is 30.7 Å². The number of amides is 1. The molecule has 0 saturated carbocycles. The molecule has 1 fully saturated rings. The Morgan fingerprint density at radius 3 is 2.73 bits per heavy atom. The highest BCUT2D eigenvalue weighted by atomic mass is 28.3. The molecule has 3 N–H and O–H groups in total. The number of carbonyl (C=O) groups is 1. The summed E-state index contributed by atoms with van der Waals surface area (Å²) in [6.45, 7) is 11.9. The summed E-state index contributed by atoms with van der Waals surface area (Å²) in [4.78, 5) is 24.1. The Balaban J connectivity index is 1.57. The van der Waals surface area contributed by atoms with Crippen LogP contribution >= 0.6 is 0 Å². The number of carbonyl (C=O) groups excluding carboxylic acids is 1. The molecular formula is C25H35FN6O4Si. The van der Waals surface area contributed by atoms with Crippen molar-refractivity contribution in [3.63, 3.8) is 0 Å². The number of ether oxygens (including phenoxy) is 3. The van der Waals surface area contributed by atoms with Crippen molar-refractivity contribution in [3.8, 4) is 11.6 Å². The van der Waals surface area contributed by atoms with Crippen molar-refractivity contribution in [2.45, 2.75) is 32.4 Å². The van der Waals surface area contributed by atoms with Gasteiger partial charge in [0, 0.05) is 52.6 Å². The molecule has 0 spiro atoms. The van der Waals surface area contributed by atoms with Crippen LogP contribution in [-0.2, 0) is 16.2 Å². The minimum atomic E-state index is -1.28. The van der Waals surface area contributed by atoms with Crippen LogP contribution in [0.15, 0.2) is 30.6 Å². The highest BCUT2D eigenvalue weighted by Gasteiger charge is 2.22. The predicted molar refractivity (Wildman–Crippen MR) is 142 cm³/mol. The number of fused-ring (bicyclic) bond motifs is 1. The van der Waals surface area contributed by atoms with Crippen LogP contribution < -0.4 is 15.8 Å². The van der Waals surface area contributed by atoms with E-state index in [0.717, 1.165) is 25.7 Å². The van der Waals surface area contributed by atoms with E-state index in [0.29, 0.717) is 43.1 Å². The van der Waals surface area contributed by atoms with Gasteiger partial charge in [-0.25, -0.2) is 14.4 Å². The van der Waals surface area contributed by atoms with Crippen molar-refractivity contribution in [2.75, 3.05) is 51.7 Å². The largest absolute Gasteiger partial charge is 0.435 e. The van der Waals surface area contributed by atoms with Crippen LogP contribution in [0, 0.1) is 5.82 Å². The van der Waals surface area contributed by atoms with Crippen LogP contribution in [0.3, 0.4) is 0 Å². The van der Waals surface area contributed by atoms with E-state index in [1.165, 1.54) is 18.5 Å². The van der Waals surface area contributed by atoms with Crippen molar-refractivity contribution in [1.82, 2.24) is 24.8 Å². The molecule has 0 bridgehead atoms. The first-order valence-corrected chi connectivity index (χ1v) is 16.2. The molecule has 37 heavy (non-hydrogen) atoms. The molecule has 0 atom stereocenters. The number of hydrogen-bond donors (Lipinski definition) is 2. The third kappa shape index (κ3) is 7.25. The third-order valence-corrected chi connectivity index (χ3v) is 7.79. The van der Waals surface area contributed by atoms with E-state index in [2.05, 4.69) is 39.8 Å². The summed E-state index contributed by atoms with van der Waals surface area (Å²) in [6.07, 6.45) is 1.32. The van der Waals surface area contributed by atoms with E-state index in [-0.39, 0.29) is 30.0 Å². The maximum atomic E-state index is 14.4. The number of nitrogen functional groups attached to an aromatic ring is 1. The number of morpholine rings is 1. The lowest BCUT2D eigenvalue weighted by Crippen LogP contribution is -2.41. The first kappa shape index (κ1) is 27.0. The average Bonchev–Trinajstić information content (AvgIpc) is 3.23. The Labute approximate surface area is 216 Å². The lowest BCUT2D eigenvalue weighted by atomic mass is 10.3. The molecule has 12 heteroatoms. The van der Waals surface area contributed by atoms with E-state index in [9.17, 15) is 9.18 Å². The standard InChI is InChI=1S/C25H35FN6O4Si/c1-37(2,3)13-12-35-17-32-21(24(33)28-6-7-31-8-10-34-11-9-31)15-19-23(32)29-16-30-25(19)36-22-5-4-18(27)14-20(22)26/h4-5,14-16H,6-13,17,27H2,1-3H3,(H,28,33). The molecule has 2 aromatic heterocycles. The second kappa shape index (κ2) is 12.0. The number of anilines is 1. The van der Waals surface area contributed by atoms with Gasteiger partial charge in [-0.3, -0.25) is 14.3 Å². The van der Waals surface area contributed by atoms with Gasteiger partial charge in [-0.15, -0.1) is 0 Å². The van der Waals surface area contributed by atoms with Gasteiger partial charge in [-0.2, -0.15) is 0 Å². The van der Waals surface area contributed by atoms with Crippen LogP contribution in [0.25, 0.3) is 11.0 Å². The zero-order valence-electron chi connectivity index (χ0n) is 21.6.